The molecule has 2 aromatic heterocycles. The van der Waals surface area contributed by atoms with Crippen LogP contribution >= 0.6 is 11.6 Å². The molecule has 1 fully saturated rings. The predicted molar refractivity (Wildman–Crippen MR) is 81.8 cm³/mol. The van der Waals surface area contributed by atoms with Gasteiger partial charge in [-0.2, -0.15) is 4.98 Å². The standard InChI is InChI=1S/C14H20ClN5O/c1-10(15)12-18-11-13(16-9-17-14(11)21-2)20(12)8-7-19-5-3-4-6-19/h9-10H,3-8H2,1-2H3. The predicted octanol–water partition coefficient (Wildman–Crippen LogP) is 2.23. The highest BCUT2D eigenvalue weighted by Gasteiger charge is 2.20. The summed E-state index contributed by atoms with van der Waals surface area (Å²) in [6.45, 7) is 6.11. The smallest absolute Gasteiger partial charge is 0.245 e. The van der Waals surface area contributed by atoms with Crippen LogP contribution in [0.25, 0.3) is 11.2 Å². The molecule has 0 radical (unpaired) electrons. The van der Waals surface area contributed by atoms with E-state index in [2.05, 4.69) is 24.4 Å². The van der Waals surface area contributed by atoms with Crippen LogP contribution in [0.15, 0.2) is 6.33 Å². The summed E-state index contributed by atoms with van der Waals surface area (Å²) in [5, 5.41) is -0.178. The van der Waals surface area contributed by atoms with E-state index in [1.54, 1.807) is 7.11 Å². The molecule has 0 aromatic carbocycles. The van der Waals surface area contributed by atoms with Gasteiger partial charge in [0.05, 0.1) is 12.5 Å². The number of aromatic nitrogens is 4. The lowest BCUT2D eigenvalue weighted by molar-refractivity contribution is 0.322. The van der Waals surface area contributed by atoms with Crippen molar-refractivity contribution in [2.75, 3.05) is 26.7 Å². The number of alkyl halides is 1. The number of halogens is 1. The van der Waals surface area contributed by atoms with Crippen LogP contribution in [0, 0.1) is 0 Å². The Balaban J connectivity index is 1.95. The van der Waals surface area contributed by atoms with Gasteiger partial charge in [0.2, 0.25) is 5.88 Å². The number of hydrogen-bond acceptors (Lipinski definition) is 5. The zero-order valence-corrected chi connectivity index (χ0v) is 13.2. The lowest BCUT2D eigenvalue weighted by Crippen LogP contribution is -2.25. The molecule has 0 N–H and O–H groups in total. The van der Waals surface area contributed by atoms with E-state index in [0.717, 1.165) is 24.6 Å². The summed E-state index contributed by atoms with van der Waals surface area (Å²) in [5.74, 6) is 1.32. The van der Waals surface area contributed by atoms with Gasteiger partial charge in [-0.1, -0.05) is 0 Å². The first-order chi connectivity index (χ1) is 10.2. The summed E-state index contributed by atoms with van der Waals surface area (Å²) in [6.07, 6.45) is 4.09. The first kappa shape index (κ1) is 14.5. The minimum absolute atomic E-state index is 0.178. The van der Waals surface area contributed by atoms with Crippen molar-refractivity contribution in [1.29, 1.82) is 0 Å². The van der Waals surface area contributed by atoms with E-state index < -0.39 is 0 Å². The summed E-state index contributed by atoms with van der Waals surface area (Å²) in [4.78, 5) is 15.5. The Labute approximate surface area is 129 Å². The highest BCUT2D eigenvalue weighted by molar-refractivity contribution is 6.20. The molecule has 21 heavy (non-hydrogen) atoms. The van der Waals surface area contributed by atoms with E-state index in [4.69, 9.17) is 16.3 Å². The second-order valence-electron chi connectivity index (χ2n) is 5.34. The molecule has 1 aliphatic heterocycles. The van der Waals surface area contributed by atoms with Gasteiger partial charge in [0, 0.05) is 13.1 Å². The Kier molecular flexibility index (Phi) is 4.26. The summed E-state index contributed by atoms with van der Waals surface area (Å²) in [7, 11) is 1.59. The lowest BCUT2D eigenvalue weighted by Gasteiger charge is -2.16. The number of fused-ring (bicyclic) bond motifs is 1. The first-order valence-corrected chi connectivity index (χ1v) is 7.76. The molecule has 1 saturated heterocycles. The number of hydrogen-bond donors (Lipinski definition) is 0. The van der Waals surface area contributed by atoms with Gasteiger partial charge in [-0.15, -0.1) is 11.6 Å². The number of methoxy groups -OCH3 is 1. The number of ether oxygens (including phenoxy) is 1. The zero-order chi connectivity index (χ0) is 14.8. The third kappa shape index (κ3) is 2.82. The summed E-state index contributed by atoms with van der Waals surface area (Å²) >= 11 is 6.28. The van der Waals surface area contributed by atoms with E-state index in [1.165, 1.54) is 32.3 Å². The maximum Gasteiger partial charge on any atom is 0.245 e. The second kappa shape index (κ2) is 6.15. The van der Waals surface area contributed by atoms with Gasteiger partial charge in [0.1, 0.15) is 12.2 Å². The fourth-order valence-electron chi connectivity index (χ4n) is 2.85. The fourth-order valence-corrected chi connectivity index (χ4v) is 3.02. The van der Waals surface area contributed by atoms with Crippen molar-refractivity contribution in [2.24, 2.45) is 0 Å². The van der Waals surface area contributed by atoms with Crippen LogP contribution in [0.4, 0.5) is 0 Å². The second-order valence-corrected chi connectivity index (χ2v) is 6.00. The Morgan fingerprint density at radius 1 is 1.29 bits per heavy atom. The quantitative estimate of drug-likeness (QED) is 0.793. The van der Waals surface area contributed by atoms with E-state index in [0.29, 0.717) is 11.4 Å². The monoisotopic (exact) mass is 309 g/mol. The molecular formula is C14H20ClN5O. The molecule has 114 valence electrons. The average molecular weight is 310 g/mol. The molecule has 6 nitrogen and oxygen atoms in total. The van der Waals surface area contributed by atoms with Crippen molar-refractivity contribution in [3.05, 3.63) is 12.2 Å². The molecule has 2 aromatic rings. The summed E-state index contributed by atoms with van der Waals surface area (Å²) in [5.41, 5.74) is 1.48. The van der Waals surface area contributed by atoms with Crippen LogP contribution in [-0.2, 0) is 6.54 Å². The van der Waals surface area contributed by atoms with E-state index >= 15 is 0 Å². The van der Waals surface area contributed by atoms with Crippen LogP contribution in [0.2, 0.25) is 0 Å². The number of likely N-dealkylation sites (tertiary alicyclic amines) is 1. The molecule has 0 spiro atoms. The van der Waals surface area contributed by atoms with Crippen molar-refractivity contribution in [3.8, 4) is 5.88 Å². The maximum absolute atomic E-state index is 6.28. The van der Waals surface area contributed by atoms with E-state index in [1.807, 2.05) is 6.92 Å². The normalized spacial score (nSPS) is 17.5. The molecule has 0 amide bonds. The minimum Gasteiger partial charge on any atom is -0.479 e. The topological polar surface area (TPSA) is 56.1 Å². The summed E-state index contributed by atoms with van der Waals surface area (Å²) < 4.78 is 7.37. The molecule has 0 bridgehead atoms. The van der Waals surface area contributed by atoms with Crippen LogP contribution < -0.4 is 4.74 Å². The lowest BCUT2D eigenvalue weighted by atomic mass is 10.4. The van der Waals surface area contributed by atoms with E-state index in [-0.39, 0.29) is 5.38 Å². The van der Waals surface area contributed by atoms with Crippen LogP contribution in [0.3, 0.4) is 0 Å². The van der Waals surface area contributed by atoms with Gasteiger partial charge in [-0.25, -0.2) is 9.97 Å². The number of rotatable bonds is 5. The maximum atomic E-state index is 6.28. The Morgan fingerprint density at radius 3 is 2.71 bits per heavy atom. The SMILES string of the molecule is COc1ncnc2c1nc(C(C)Cl)n2CCN1CCCC1. The van der Waals surface area contributed by atoms with Gasteiger partial charge < -0.3 is 14.2 Å². The molecule has 1 unspecified atom stereocenters. The molecule has 1 aliphatic rings. The van der Waals surface area contributed by atoms with Crippen LogP contribution in [0.1, 0.15) is 31.0 Å². The number of nitrogens with zero attached hydrogens (tertiary/aromatic N) is 5. The van der Waals surface area contributed by atoms with Gasteiger partial charge in [-0.05, 0) is 32.9 Å². The van der Waals surface area contributed by atoms with Gasteiger partial charge in [0.15, 0.2) is 11.2 Å². The third-order valence-corrected chi connectivity index (χ3v) is 4.11. The average Bonchev–Trinajstić information content (AvgIpc) is 3.11. The van der Waals surface area contributed by atoms with Gasteiger partial charge >= 0.3 is 0 Å². The molecule has 1 atom stereocenters. The van der Waals surface area contributed by atoms with Crippen LogP contribution in [-0.4, -0.2) is 51.2 Å². The Hall–Kier alpha value is -1.40. The Morgan fingerprint density at radius 2 is 2.05 bits per heavy atom. The molecule has 3 heterocycles. The molecule has 0 saturated carbocycles. The minimum atomic E-state index is -0.178. The first-order valence-electron chi connectivity index (χ1n) is 7.32. The van der Waals surface area contributed by atoms with Crippen molar-refractivity contribution < 1.29 is 4.74 Å². The van der Waals surface area contributed by atoms with Gasteiger partial charge in [-0.3, -0.25) is 0 Å². The molecule has 3 rings (SSSR count). The van der Waals surface area contributed by atoms with Crippen molar-refractivity contribution in [1.82, 2.24) is 24.4 Å². The molecule has 7 heteroatoms. The fraction of sp³-hybridized carbons (Fsp3) is 0.643. The highest BCUT2D eigenvalue weighted by Crippen LogP contribution is 2.27. The van der Waals surface area contributed by atoms with Crippen molar-refractivity contribution in [3.63, 3.8) is 0 Å². The van der Waals surface area contributed by atoms with E-state index in [9.17, 15) is 0 Å². The van der Waals surface area contributed by atoms with Gasteiger partial charge in [0.25, 0.3) is 0 Å². The molecule has 0 aliphatic carbocycles. The number of imidazole rings is 1. The Bertz CT molecular complexity index is 621. The zero-order valence-electron chi connectivity index (χ0n) is 12.4. The largest absolute Gasteiger partial charge is 0.479 e. The molecular weight excluding hydrogens is 290 g/mol. The highest BCUT2D eigenvalue weighted by atomic mass is 35.5. The summed E-state index contributed by atoms with van der Waals surface area (Å²) in [6, 6.07) is 0. The van der Waals surface area contributed by atoms with Crippen LogP contribution in [0.5, 0.6) is 5.88 Å². The third-order valence-electron chi connectivity index (χ3n) is 3.92. The van der Waals surface area contributed by atoms with Crippen molar-refractivity contribution in [2.45, 2.75) is 31.7 Å². The van der Waals surface area contributed by atoms with Crippen molar-refractivity contribution >= 4 is 22.8 Å².